The van der Waals surface area contributed by atoms with Gasteiger partial charge in [-0.25, -0.2) is 4.68 Å². The molecule has 0 saturated carbocycles. The van der Waals surface area contributed by atoms with Crippen molar-refractivity contribution in [2.24, 2.45) is 0 Å². The van der Waals surface area contributed by atoms with Crippen LogP contribution in [0.25, 0.3) is 22.2 Å². The quantitative estimate of drug-likeness (QED) is 0.414. The molecule has 0 fully saturated rings. The van der Waals surface area contributed by atoms with Crippen LogP contribution < -0.4 is 0 Å². The molecule has 0 aliphatic heterocycles. The molecule has 0 N–H and O–H groups in total. The van der Waals surface area contributed by atoms with Crippen LogP contribution in [0, 0.1) is 11.3 Å². The molecule has 134 valence electrons. The number of benzene rings is 2. The van der Waals surface area contributed by atoms with E-state index in [2.05, 4.69) is 25.7 Å². The zero-order valence-electron chi connectivity index (χ0n) is 15.3. The molecule has 1 heterocycles. The predicted molar refractivity (Wildman–Crippen MR) is 109 cm³/mol. The number of para-hydroxylation sites is 1. The third-order valence-corrected chi connectivity index (χ3v) is 6.23. The van der Waals surface area contributed by atoms with E-state index in [1.807, 2.05) is 35.0 Å². The van der Waals surface area contributed by atoms with Gasteiger partial charge in [-0.2, -0.15) is 10.4 Å². The van der Waals surface area contributed by atoms with Gasteiger partial charge in [0.25, 0.3) is 0 Å². The topological polar surface area (TPSA) is 50.8 Å². The second-order valence-corrected chi connectivity index (χ2v) is 13.5. The summed E-state index contributed by atoms with van der Waals surface area (Å²) < 4.78 is 7.71. The van der Waals surface area contributed by atoms with Crippen molar-refractivity contribution in [2.75, 3.05) is 6.61 Å². The highest BCUT2D eigenvalue weighted by Crippen LogP contribution is 2.32. The first-order valence-corrected chi connectivity index (χ1v) is 12.7. The van der Waals surface area contributed by atoms with E-state index in [0.29, 0.717) is 17.3 Å². The molecule has 3 rings (SSSR count). The Hall–Kier alpha value is -2.13. The van der Waals surface area contributed by atoms with Gasteiger partial charge in [-0.15, -0.1) is 0 Å². The first-order valence-electron chi connectivity index (χ1n) is 8.62. The van der Waals surface area contributed by atoms with E-state index in [-0.39, 0.29) is 0 Å². The normalized spacial score (nSPS) is 11.7. The Bertz CT molecular complexity index is 952. The standard InChI is InChI=1S/C20H22ClN3OSi/c1-26(2,3)12-11-25-14-24-20-17(5-4-6-18(20)21)19(23-24)16-9-7-15(13-22)8-10-16/h4-10H,11-12,14H2,1-3H3. The summed E-state index contributed by atoms with van der Waals surface area (Å²) in [5.74, 6) is 0. The summed E-state index contributed by atoms with van der Waals surface area (Å²) in [6.45, 7) is 8.10. The van der Waals surface area contributed by atoms with Crippen molar-refractivity contribution in [3.63, 3.8) is 0 Å². The molecule has 0 atom stereocenters. The molecule has 26 heavy (non-hydrogen) atoms. The minimum Gasteiger partial charge on any atom is -0.360 e. The van der Waals surface area contributed by atoms with Gasteiger partial charge in [0.15, 0.2) is 0 Å². The fourth-order valence-electron chi connectivity index (χ4n) is 2.73. The lowest BCUT2D eigenvalue weighted by Gasteiger charge is -2.15. The first kappa shape index (κ1) is 18.7. The predicted octanol–water partition coefficient (Wildman–Crippen LogP) is 5.54. The number of ether oxygens (including phenoxy) is 1. The fraction of sp³-hybridized carbons (Fsp3) is 0.300. The molecule has 1 aromatic heterocycles. The van der Waals surface area contributed by atoms with Crippen LogP contribution in [-0.2, 0) is 11.5 Å². The minimum absolute atomic E-state index is 0.376. The van der Waals surface area contributed by atoms with Crippen LogP contribution in [0.3, 0.4) is 0 Å². The van der Waals surface area contributed by atoms with Gasteiger partial charge in [-0.05, 0) is 24.2 Å². The molecule has 0 saturated heterocycles. The number of aromatic nitrogens is 2. The Balaban J connectivity index is 1.92. The molecule has 0 spiro atoms. The second-order valence-electron chi connectivity index (χ2n) is 7.52. The molecule has 0 radical (unpaired) electrons. The summed E-state index contributed by atoms with van der Waals surface area (Å²) in [6, 6.07) is 16.5. The van der Waals surface area contributed by atoms with Crippen LogP contribution in [0.1, 0.15) is 5.56 Å². The number of nitrogens with zero attached hydrogens (tertiary/aromatic N) is 3. The van der Waals surface area contributed by atoms with E-state index in [1.54, 1.807) is 12.1 Å². The van der Waals surface area contributed by atoms with E-state index >= 15 is 0 Å². The van der Waals surface area contributed by atoms with Gasteiger partial charge < -0.3 is 4.74 Å². The van der Waals surface area contributed by atoms with Crippen molar-refractivity contribution in [1.82, 2.24) is 9.78 Å². The molecular formula is C20H22ClN3OSi. The molecule has 6 heteroatoms. The number of hydrogen-bond donors (Lipinski definition) is 0. The molecule has 4 nitrogen and oxygen atoms in total. The Morgan fingerprint density at radius 3 is 2.54 bits per heavy atom. The number of fused-ring (bicyclic) bond motifs is 1. The maximum Gasteiger partial charge on any atom is 0.140 e. The summed E-state index contributed by atoms with van der Waals surface area (Å²) in [7, 11) is -1.12. The summed E-state index contributed by atoms with van der Waals surface area (Å²) in [4.78, 5) is 0. The number of rotatable bonds is 6. The molecule has 0 aliphatic carbocycles. The molecular weight excluding hydrogens is 362 g/mol. The minimum atomic E-state index is -1.12. The molecule has 3 aromatic rings. The molecule has 2 aromatic carbocycles. The van der Waals surface area contributed by atoms with Crippen molar-refractivity contribution in [1.29, 1.82) is 5.26 Å². The highest BCUT2D eigenvalue weighted by molar-refractivity contribution is 6.76. The van der Waals surface area contributed by atoms with Gasteiger partial charge in [0.05, 0.1) is 22.2 Å². The lowest BCUT2D eigenvalue weighted by atomic mass is 10.1. The number of hydrogen-bond acceptors (Lipinski definition) is 3. The average Bonchev–Trinajstić information content (AvgIpc) is 2.98. The van der Waals surface area contributed by atoms with Crippen molar-refractivity contribution in [3.05, 3.63) is 53.1 Å². The maximum absolute atomic E-state index is 8.99. The van der Waals surface area contributed by atoms with Crippen LogP contribution in [-0.4, -0.2) is 24.5 Å². The van der Waals surface area contributed by atoms with Crippen LogP contribution in [0.4, 0.5) is 0 Å². The van der Waals surface area contributed by atoms with Crippen molar-refractivity contribution >= 4 is 30.6 Å². The fourth-order valence-corrected chi connectivity index (χ4v) is 3.76. The van der Waals surface area contributed by atoms with Gasteiger partial charge in [0.2, 0.25) is 0 Å². The molecule has 0 bridgehead atoms. The highest BCUT2D eigenvalue weighted by atomic mass is 35.5. The van der Waals surface area contributed by atoms with Crippen molar-refractivity contribution < 1.29 is 4.74 Å². The van der Waals surface area contributed by atoms with Crippen LogP contribution in [0.15, 0.2) is 42.5 Å². The summed E-state index contributed by atoms with van der Waals surface area (Å²) >= 11 is 6.44. The summed E-state index contributed by atoms with van der Waals surface area (Å²) in [5, 5.41) is 15.4. The SMILES string of the molecule is C[Si](C)(C)CCOCn1nc(-c2ccc(C#N)cc2)c2cccc(Cl)c21. The smallest absolute Gasteiger partial charge is 0.140 e. The van der Waals surface area contributed by atoms with Crippen molar-refractivity contribution in [3.8, 4) is 17.3 Å². The summed E-state index contributed by atoms with van der Waals surface area (Å²) in [5.41, 5.74) is 3.31. The lowest BCUT2D eigenvalue weighted by molar-refractivity contribution is 0.0819. The summed E-state index contributed by atoms with van der Waals surface area (Å²) in [6.07, 6.45) is 0. The Morgan fingerprint density at radius 2 is 1.88 bits per heavy atom. The van der Waals surface area contributed by atoms with Gasteiger partial charge >= 0.3 is 0 Å². The second kappa shape index (κ2) is 7.63. The molecule has 0 unspecified atom stereocenters. The van der Waals surface area contributed by atoms with Crippen LogP contribution in [0.5, 0.6) is 0 Å². The zero-order valence-corrected chi connectivity index (χ0v) is 17.0. The molecule has 0 amide bonds. The third kappa shape index (κ3) is 4.16. The average molecular weight is 384 g/mol. The Morgan fingerprint density at radius 1 is 1.15 bits per heavy atom. The van der Waals surface area contributed by atoms with Gasteiger partial charge in [0.1, 0.15) is 12.4 Å². The van der Waals surface area contributed by atoms with E-state index in [1.165, 1.54) is 0 Å². The van der Waals surface area contributed by atoms with Crippen LogP contribution >= 0.6 is 11.6 Å². The van der Waals surface area contributed by atoms with E-state index in [9.17, 15) is 0 Å². The number of halogens is 1. The number of nitriles is 1. The monoisotopic (exact) mass is 383 g/mol. The molecule has 0 aliphatic rings. The third-order valence-electron chi connectivity index (χ3n) is 4.22. The Labute approximate surface area is 160 Å². The largest absolute Gasteiger partial charge is 0.360 e. The first-order chi connectivity index (χ1) is 12.4. The van der Waals surface area contributed by atoms with E-state index in [4.69, 9.17) is 26.7 Å². The zero-order chi connectivity index (χ0) is 18.7. The maximum atomic E-state index is 8.99. The van der Waals surface area contributed by atoms with Gasteiger partial charge in [-0.1, -0.05) is 55.5 Å². The van der Waals surface area contributed by atoms with Crippen LogP contribution in [0.2, 0.25) is 30.7 Å². The Kier molecular flexibility index (Phi) is 5.47. The van der Waals surface area contributed by atoms with Crippen molar-refractivity contribution in [2.45, 2.75) is 32.4 Å². The highest BCUT2D eigenvalue weighted by Gasteiger charge is 2.16. The van der Waals surface area contributed by atoms with E-state index < -0.39 is 8.07 Å². The van der Waals surface area contributed by atoms with Gasteiger partial charge in [0, 0.05) is 25.6 Å². The lowest BCUT2D eigenvalue weighted by Crippen LogP contribution is -2.22. The van der Waals surface area contributed by atoms with Gasteiger partial charge in [-0.3, -0.25) is 0 Å². The van der Waals surface area contributed by atoms with E-state index in [0.717, 1.165) is 34.8 Å².